The van der Waals surface area contributed by atoms with Crippen LogP contribution in [0.15, 0.2) is 12.2 Å². The predicted octanol–water partition coefficient (Wildman–Crippen LogP) is 2.33. The van der Waals surface area contributed by atoms with Gasteiger partial charge in [-0.1, -0.05) is 31.6 Å². The van der Waals surface area contributed by atoms with Crippen LogP contribution in [0.2, 0.25) is 0 Å². The molecule has 0 rings (SSSR count). The van der Waals surface area contributed by atoms with E-state index in [9.17, 15) is 4.79 Å². The van der Waals surface area contributed by atoms with Crippen LogP contribution in [0.3, 0.4) is 0 Å². The van der Waals surface area contributed by atoms with Crippen molar-refractivity contribution in [2.75, 3.05) is 0 Å². The highest BCUT2D eigenvalue weighted by Gasteiger charge is 1.78. The SMILES string of the molecule is CCCCCC#CC=CC=O. The maximum Gasteiger partial charge on any atom is 0.143 e. The van der Waals surface area contributed by atoms with Gasteiger partial charge in [-0.2, -0.15) is 0 Å². The largest absolute Gasteiger partial charge is 0.299 e. The standard InChI is InChI=1S/C10H14O/c1-2-3-4-5-6-7-8-9-10-11/h8-10H,2-5H2,1H3. The van der Waals surface area contributed by atoms with Crippen molar-refractivity contribution in [3.63, 3.8) is 0 Å². The second-order valence-electron chi connectivity index (χ2n) is 2.27. The van der Waals surface area contributed by atoms with Gasteiger partial charge in [-0.3, -0.25) is 4.79 Å². The Morgan fingerprint density at radius 2 is 2.18 bits per heavy atom. The molecule has 0 saturated carbocycles. The molecule has 0 aliphatic rings. The Labute approximate surface area is 68.5 Å². The number of allylic oxidation sites excluding steroid dienone is 2. The molecule has 0 heterocycles. The molecule has 0 fully saturated rings. The fourth-order valence-electron chi connectivity index (χ4n) is 0.682. The summed E-state index contributed by atoms with van der Waals surface area (Å²) in [6.07, 6.45) is 8.31. The zero-order chi connectivity index (χ0) is 8.36. The van der Waals surface area contributed by atoms with Crippen LogP contribution in [-0.4, -0.2) is 6.29 Å². The number of hydrogen-bond acceptors (Lipinski definition) is 1. The molecule has 0 N–H and O–H groups in total. The van der Waals surface area contributed by atoms with E-state index in [4.69, 9.17) is 0 Å². The lowest BCUT2D eigenvalue weighted by Gasteiger charge is -1.86. The first kappa shape index (κ1) is 9.97. The second kappa shape index (κ2) is 8.97. The average molecular weight is 150 g/mol. The third-order valence-corrected chi connectivity index (χ3v) is 1.27. The van der Waals surface area contributed by atoms with Crippen LogP contribution in [0.5, 0.6) is 0 Å². The molecule has 0 unspecified atom stereocenters. The molecule has 0 bridgehead atoms. The fraction of sp³-hybridized carbons (Fsp3) is 0.500. The van der Waals surface area contributed by atoms with Gasteiger partial charge in [0.1, 0.15) is 6.29 Å². The van der Waals surface area contributed by atoms with Crippen molar-refractivity contribution in [3.8, 4) is 11.8 Å². The maximum absolute atomic E-state index is 9.79. The maximum atomic E-state index is 9.79. The van der Waals surface area contributed by atoms with Crippen molar-refractivity contribution in [1.29, 1.82) is 0 Å². The molecule has 1 nitrogen and oxygen atoms in total. The first-order chi connectivity index (χ1) is 5.41. The molecule has 0 amide bonds. The van der Waals surface area contributed by atoms with Crippen molar-refractivity contribution in [2.45, 2.75) is 32.6 Å². The normalized spacial score (nSPS) is 9.18. The lowest BCUT2D eigenvalue weighted by atomic mass is 10.2. The third-order valence-electron chi connectivity index (χ3n) is 1.27. The van der Waals surface area contributed by atoms with E-state index in [1.54, 1.807) is 6.08 Å². The summed E-state index contributed by atoms with van der Waals surface area (Å²) in [4.78, 5) is 9.79. The number of unbranched alkanes of at least 4 members (excludes halogenated alkanes) is 3. The molecule has 0 atom stereocenters. The van der Waals surface area contributed by atoms with Gasteiger partial charge in [0.2, 0.25) is 0 Å². The van der Waals surface area contributed by atoms with Crippen molar-refractivity contribution >= 4 is 6.29 Å². The fourth-order valence-corrected chi connectivity index (χ4v) is 0.682. The molecule has 11 heavy (non-hydrogen) atoms. The Kier molecular flexibility index (Phi) is 8.13. The van der Waals surface area contributed by atoms with Gasteiger partial charge in [-0.25, -0.2) is 0 Å². The summed E-state index contributed by atoms with van der Waals surface area (Å²) >= 11 is 0. The molecule has 0 saturated heterocycles. The van der Waals surface area contributed by atoms with E-state index < -0.39 is 0 Å². The molecule has 0 radical (unpaired) electrons. The van der Waals surface area contributed by atoms with E-state index in [1.807, 2.05) is 0 Å². The van der Waals surface area contributed by atoms with Crippen LogP contribution in [0.1, 0.15) is 32.6 Å². The Balaban J connectivity index is 3.25. The highest BCUT2D eigenvalue weighted by atomic mass is 16.1. The minimum Gasteiger partial charge on any atom is -0.299 e. The lowest BCUT2D eigenvalue weighted by Crippen LogP contribution is -1.70. The highest BCUT2D eigenvalue weighted by molar-refractivity contribution is 5.65. The van der Waals surface area contributed by atoms with Crippen LogP contribution in [0.25, 0.3) is 0 Å². The van der Waals surface area contributed by atoms with Gasteiger partial charge >= 0.3 is 0 Å². The smallest absolute Gasteiger partial charge is 0.143 e. The molecule has 0 aromatic rings. The zero-order valence-corrected chi connectivity index (χ0v) is 6.97. The van der Waals surface area contributed by atoms with Crippen LogP contribution < -0.4 is 0 Å². The number of carbonyl (C=O) groups excluding carboxylic acids is 1. The third kappa shape index (κ3) is 8.97. The van der Waals surface area contributed by atoms with E-state index in [0.717, 1.165) is 12.7 Å². The number of carbonyl (C=O) groups is 1. The minimum absolute atomic E-state index is 0.737. The molecule has 60 valence electrons. The van der Waals surface area contributed by atoms with Gasteiger partial charge in [0.05, 0.1) is 0 Å². The van der Waals surface area contributed by atoms with Crippen LogP contribution in [0.4, 0.5) is 0 Å². The van der Waals surface area contributed by atoms with E-state index >= 15 is 0 Å². The van der Waals surface area contributed by atoms with Crippen LogP contribution in [0, 0.1) is 11.8 Å². The number of hydrogen-bond donors (Lipinski definition) is 0. The van der Waals surface area contributed by atoms with Gasteiger partial charge < -0.3 is 0 Å². The molecule has 0 aromatic carbocycles. The van der Waals surface area contributed by atoms with Gasteiger partial charge in [0.25, 0.3) is 0 Å². The molecular formula is C10H14O. The molecular weight excluding hydrogens is 136 g/mol. The van der Waals surface area contributed by atoms with Gasteiger partial charge in [-0.05, 0) is 18.6 Å². The summed E-state index contributed by atoms with van der Waals surface area (Å²) < 4.78 is 0. The Bertz CT molecular complexity index is 169. The Morgan fingerprint density at radius 1 is 1.36 bits per heavy atom. The van der Waals surface area contributed by atoms with Crippen molar-refractivity contribution < 1.29 is 4.79 Å². The van der Waals surface area contributed by atoms with Gasteiger partial charge in [-0.15, -0.1) is 0 Å². The predicted molar refractivity (Wildman–Crippen MR) is 47.1 cm³/mol. The van der Waals surface area contributed by atoms with Crippen LogP contribution in [-0.2, 0) is 4.79 Å². The summed E-state index contributed by atoms with van der Waals surface area (Å²) in [7, 11) is 0. The molecule has 0 aliphatic heterocycles. The van der Waals surface area contributed by atoms with E-state index in [0.29, 0.717) is 0 Å². The monoisotopic (exact) mass is 150 g/mol. The average Bonchev–Trinajstić information content (AvgIpc) is 2.03. The first-order valence-corrected chi connectivity index (χ1v) is 4.00. The number of rotatable bonds is 4. The van der Waals surface area contributed by atoms with Crippen molar-refractivity contribution in [1.82, 2.24) is 0 Å². The quantitative estimate of drug-likeness (QED) is 0.260. The van der Waals surface area contributed by atoms with Gasteiger partial charge in [0.15, 0.2) is 0 Å². The molecule has 0 aromatic heterocycles. The first-order valence-electron chi connectivity index (χ1n) is 4.00. The van der Waals surface area contributed by atoms with Crippen molar-refractivity contribution in [2.24, 2.45) is 0 Å². The van der Waals surface area contributed by atoms with Gasteiger partial charge in [0, 0.05) is 6.42 Å². The summed E-state index contributed by atoms with van der Waals surface area (Å²) in [5.74, 6) is 5.74. The number of aldehydes is 1. The lowest BCUT2D eigenvalue weighted by molar-refractivity contribution is -0.104. The zero-order valence-electron chi connectivity index (χ0n) is 6.97. The summed E-state index contributed by atoms with van der Waals surface area (Å²) in [5, 5.41) is 0. The van der Waals surface area contributed by atoms with E-state index in [-0.39, 0.29) is 0 Å². The minimum atomic E-state index is 0.737. The molecule has 1 heteroatoms. The Hall–Kier alpha value is -1.03. The van der Waals surface area contributed by atoms with E-state index in [2.05, 4.69) is 18.8 Å². The Morgan fingerprint density at radius 3 is 2.82 bits per heavy atom. The molecule has 0 spiro atoms. The van der Waals surface area contributed by atoms with E-state index in [1.165, 1.54) is 25.3 Å². The van der Waals surface area contributed by atoms with Crippen LogP contribution >= 0.6 is 0 Å². The molecule has 0 aliphatic carbocycles. The highest BCUT2D eigenvalue weighted by Crippen LogP contribution is 1.96. The summed E-state index contributed by atoms with van der Waals surface area (Å²) in [6, 6.07) is 0. The van der Waals surface area contributed by atoms with Crippen molar-refractivity contribution in [3.05, 3.63) is 12.2 Å². The second-order valence-corrected chi connectivity index (χ2v) is 2.27. The topological polar surface area (TPSA) is 17.1 Å². The summed E-state index contributed by atoms with van der Waals surface area (Å²) in [6.45, 7) is 2.17. The summed E-state index contributed by atoms with van der Waals surface area (Å²) in [5.41, 5.74) is 0.